The van der Waals surface area contributed by atoms with Crippen LogP contribution in [-0.4, -0.2) is 51.2 Å². The SMILES string of the molecule is O=C(O)N1C[C@@H]2C[C@H]1CN2c1ncnc2c1oc1ccc(Cl)cc12. The van der Waals surface area contributed by atoms with Crippen LogP contribution in [0.2, 0.25) is 5.02 Å². The lowest BCUT2D eigenvalue weighted by Crippen LogP contribution is -2.48. The van der Waals surface area contributed by atoms with Crippen molar-refractivity contribution in [1.82, 2.24) is 14.9 Å². The lowest BCUT2D eigenvalue weighted by atomic mass is 10.2. The Morgan fingerprint density at radius 2 is 2.17 bits per heavy atom. The Morgan fingerprint density at radius 3 is 2.92 bits per heavy atom. The van der Waals surface area contributed by atoms with E-state index in [2.05, 4.69) is 14.9 Å². The molecule has 3 aromatic rings. The summed E-state index contributed by atoms with van der Waals surface area (Å²) in [6.45, 7) is 1.12. The van der Waals surface area contributed by atoms with Crippen LogP contribution in [-0.2, 0) is 0 Å². The molecule has 2 fully saturated rings. The summed E-state index contributed by atoms with van der Waals surface area (Å²) in [7, 11) is 0. The van der Waals surface area contributed by atoms with E-state index in [9.17, 15) is 9.90 Å². The third kappa shape index (κ3) is 1.81. The molecule has 7 nitrogen and oxygen atoms in total. The topological polar surface area (TPSA) is 82.7 Å². The highest BCUT2D eigenvalue weighted by Crippen LogP contribution is 2.39. The molecule has 1 amide bonds. The van der Waals surface area contributed by atoms with Gasteiger partial charge in [-0.05, 0) is 24.6 Å². The molecular formula is C16H13ClN4O3. The summed E-state index contributed by atoms with van der Waals surface area (Å²) in [5, 5.41) is 10.7. The van der Waals surface area contributed by atoms with Gasteiger partial charge in [-0.3, -0.25) is 0 Å². The second-order valence-electron chi connectivity index (χ2n) is 6.25. The normalized spacial score (nSPS) is 22.9. The molecule has 1 N–H and O–H groups in total. The molecule has 0 aliphatic carbocycles. The predicted molar refractivity (Wildman–Crippen MR) is 88.6 cm³/mol. The lowest BCUT2D eigenvalue weighted by Gasteiger charge is -2.33. The molecule has 24 heavy (non-hydrogen) atoms. The minimum absolute atomic E-state index is 0.0105. The summed E-state index contributed by atoms with van der Waals surface area (Å²) in [5.41, 5.74) is 2.08. The fraction of sp³-hybridized carbons (Fsp3) is 0.312. The summed E-state index contributed by atoms with van der Waals surface area (Å²) in [4.78, 5) is 23.7. The van der Waals surface area contributed by atoms with Gasteiger partial charge in [0.1, 0.15) is 17.4 Å². The summed E-state index contributed by atoms with van der Waals surface area (Å²) in [6, 6.07) is 5.58. The zero-order chi connectivity index (χ0) is 16.4. The van der Waals surface area contributed by atoms with Crippen LogP contribution in [0, 0.1) is 0 Å². The average molecular weight is 345 g/mol. The van der Waals surface area contributed by atoms with Crippen molar-refractivity contribution in [1.29, 1.82) is 0 Å². The van der Waals surface area contributed by atoms with Crippen LogP contribution in [0.25, 0.3) is 22.1 Å². The van der Waals surface area contributed by atoms with Crippen LogP contribution in [0.15, 0.2) is 28.9 Å². The van der Waals surface area contributed by atoms with E-state index in [1.165, 1.54) is 11.2 Å². The molecule has 0 unspecified atom stereocenters. The van der Waals surface area contributed by atoms with E-state index < -0.39 is 6.09 Å². The molecule has 0 radical (unpaired) electrons. The van der Waals surface area contributed by atoms with E-state index in [1.807, 2.05) is 12.1 Å². The van der Waals surface area contributed by atoms with Crippen LogP contribution in [0.3, 0.4) is 0 Å². The van der Waals surface area contributed by atoms with Crippen molar-refractivity contribution in [2.45, 2.75) is 18.5 Å². The van der Waals surface area contributed by atoms with E-state index in [4.69, 9.17) is 16.0 Å². The predicted octanol–water partition coefficient (Wildman–Crippen LogP) is 2.97. The van der Waals surface area contributed by atoms with Gasteiger partial charge in [-0.15, -0.1) is 0 Å². The smallest absolute Gasteiger partial charge is 0.407 e. The molecular weight excluding hydrogens is 332 g/mol. The molecule has 122 valence electrons. The highest BCUT2D eigenvalue weighted by Gasteiger charge is 2.46. The molecule has 4 heterocycles. The summed E-state index contributed by atoms with van der Waals surface area (Å²) < 4.78 is 5.98. The van der Waals surface area contributed by atoms with Crippen molar-refractivity contribution in [2.24, 2.45) is 0 Å². The van der Waals surface area contributed by atoms with Gasteiger partial charge in [0.05, 0.1) is 12.1 Å². The quantitative estimate of drug-likeness (QED) is 0.730. The van der Waals surface area contributed by atoms with Crippen LogP contribution in [0.4, 0.5) is 10.6 Å². The third-order valence-corrected chi connectivity index (χ3v) is 5.19. The van der Waals surface area contributed by atoms with Gasteiger partial charge < -0.3 is 19.3 Å². The molecule has 2 atom stereocenters. The van der Waals surface area contributed by atoms with Gasteiger partial charge in [0, 0.05) is 23.5 Å². The number of anilines is 1. The van der Waals surface area contributed by atoms with Gasteiger partial charge in [-0.25, -0.2) is 14.8 Å². The maximum atomic E-state index is 11.2. The first-order valence-electron chi connectivity index (χ1n) is 7.71. The second-order valence-corrected chi connectivity index (χ2v) is 6.68. The number of amides is 1. The lowest BCUT2D eigenvalue weighted by molar-refractivity contribution is 0.137. The molecule has 1 aromatic carbocycles. The van der Waals surface area contributed by atoms with Gasteiger partial charge in [0.25, 0.3) is 0 Å². The maximum absolute atomic E-state index is 11.2. The third-order valence-electron chi connectivity index (χ3n) is 4.95. The van der Waals surface area contributed by atoms with Gasteiger partial charge in [0.2, 0.25) is 0 Å². The number of furan rings is 1. The number of nitrogens with zero attached hydrogens (tertiary/aromatic N) is 4. The van der Waals surface area contributed by atoms with Crippen molar-refractivity contribution >= 4 is 45.6 Å². The largest absolute Gasteiger partial charge is 0.465 e. The number of rotatable bonds is 1. The van der Waals surface area contributed by atoms with Crippen molar-refractivity contribution in [3.63, 3.8) is 0 Å². The molecule has 2 bridgehead atoms. The Bertz CT molecular complexity index is 988. The molecule has 0 spiro atoms. The summed E-state index contributed by atoms with van der Waals surface area (Å²) in [6.07, 6.45) is 1.49. The first-order chi connectivity index (χ1) is 11.6. The van der Waals surface area contributed by atoms with Crippen molar-refractivity contribution in [2.75, 3.05) is 18.0 Å². The first-order valence-corrected chi connectivity index (χ1v) is 8.08. The number of halogens is 1. The zero-order valence-electron chi connectivity index (χ0n) is 12.5. The minimum atomic E-state index is -0.853. The zero-order valence-corrected chi connectivity index (χ0v) is 13.3. The molecule has 2 aliphatic rings. The highest BCUT2D eigenvalue weighted by molar-refractivity contribution is 6.31. The Morgan fingerprint density at radius 1 is 1.29 bits per heavy atom. The number of fused-ring (bicyclic) bond motifs is 5. The Labute approximate surface area is 141 Å². The van der Waals surface area contributed by atoms with E-state index >= 15 is 0 Å². The fourth-order valence-corrected chi connectivity index (χ4v) is 4.07. The molecule has 2 aliphatic heterocycles. The number of carboxylic acid groups (broad SMARTS) is 1. The summed E-state index contributed by atoms with van der Waals surface area (Å²) in [5.74, 6) is 0.727. The number of carbonyl (C=O) groups is 1. The average Bonchev–Trinajstić information content (AvgIpc) is 3.25. The second kappa shape index (κ2) is 4.73. The monoisotopic (exact) mass is 344 g/mol. The first kappa shape index (κ1) is 13.9. The van der Waals surface area contributed by atoms with E-state index in [0.29, 0.717) is 29.3 Å². The summed E-state index contributed by atoms with van der Waals surface area (Å²) >= 11 is 6.08. The van der Waals surface area contributed by atoms with Crippen LogP contribution in [0.1, 0.15) is 6.42 Å². The molecule has 8 heteroatoms. The number of aromatic nitrogens is 2. The number of hydrogen-bond donors (Lipinski definition) is 1. The number of benzene rings is 1. The molecule has 2 saturated heterocycles. The van der Waals surface area contributed by atoms with Gasteiger partial charge >= 0.3 is 6.09 Å². The van der Waals surface area contributed by atoms with Gasteiger partial charge in [0.15, 0.2) is 11.4 Å². The van der Waals surface area contributed by atoms with Crippen LogP contribution < -0.4 is 4.90 Å². The van der Waals surface area contributed by atoms with E-state index in [-0.39, 0.29) is 12.1 Å². The Kier molecular flexibility index (Phi) is 2.73. The van der Waals surface area contributed by atoms with Gasteiger partial charge in [-0.1, -0.05) is 11.6 Å². The van der Waals surface area contributed by atoms with Gasteiger partial charge in [-0.2, -0.15) is 0 Å². The molecule has 2 aromatic heterocycles. The molecule has 5 rings (SSSR count). The Hall–Kier alpha value is -2.54. The maximum Gasteiger partial charge on any atom is 0.407 e. The van der Waals surface area contributed by atoms with Crippen molar-refractivity contribution in [3.8, 4) is 0 Å². The Balaban J connectivity index is 1.61. The highest BCUT2D eigenvalue weighted by atomic mass is 35.5. The number of hydrogen-bond acceptors (Lipinski definition) is 5. The minimum Gasteiger partial charge on any atom is -0.465 e. The molecule has 0 saturated carbocycles. The number of likely N-dealkylation sites (tertiary alicyclic amines) is 1. The fourth-order valence-electron chi connectivity index (χ4n) is 3.90. The number of piperazine rings is 1. The van der Waals surface area contributed by atoms with Crippen LogP contribution >= 0.6 is 11.6 Å². The van der Waals surface area contributed by atoms with Crippen molar-refractivity contribution in [3.05, 3.63) is 29.5 Å². The van der Waals surface area contributed by atoms with Crippen LogP contribution in [0.5, 0.6) is 0 Å². The van der Waals surface area contributed by atoms with E-state index in [1.54, 1.807) is 6.07 Å². The van der Waals surface area contributed by atoms with E-state index in [0.717, 1.165) is 23.1 Å². The standard InChI is InChI=1S/C16H13ClN4O3/c17-8-1-2-12-11(3-8)13-14(24-12)15(19-7-18-13)20-5-10-4-9(20)6-21(10)16(22)23/h1-3,7,9-10H,4-6H2,(H,22,23)/t9-,10-/m0/s1. The van der Waals surface area contributed by atoms with Crippen molar-refractivity contribution < 1.29 is 14.3 Å².